The molecule has 1 heterocycles. The topological polar surface area (TPSA) is 41.6 Å². The summed E-state index contributed by atoms with van der Waals surface area (Å²) in [5.74, 6) is -0.684. The molecule has 18 heavy (non-hydrogen) atoms. The first kappa shape index (κ1) is 12.7. The van der Waals surface area contributed by atoms with Gasteiger partial charge in [-0.05, 0) is 23.8 Å². The van der Waals surface area contributed by atoms with Gasteiger partial charge in [-0.1, -0.05) is 0 Å². The predicted molar refractivity (Wildman–Crippen MR) is 58.4 cm³/mol. The smallest absolute Gasteiger partial charge is 0.370 e. The molecule has 1 atom stereocenters. The molecule has 0 fully saturated rings. The number of hydrogen-bond donors (Lipinski definition) is 1. The van der Waals surface area contributed by atoms with Gasteiger partial charge in [0.1, 0.15) is 5.82 Å². The summed E-state index contributed by atoms with van der Waals surface area (Å²) in [4.78, 5) is 5.44. The fraction of sp³-hybridized carbons (Fsp3) is 0.364. The molecule has 3 nitrogen and oxygen atoms in total. The number of rotatable bonds is 1. The van der Waals surface area contributed by atoms with E-state index >= 15 is 0 Å². The molecule has 0 amide bonds. The fourth-order valence-electron chi connectivity index (χ4n) is 1.87. The Morgan fingerprint density at radius 3 is 2.50 bits per heavy atom. The van der Waals surface area contributed by atoms with Crippen LogP contribution in [0.1, 0.15) is 17.2 Å². The van der Waals surface area contributed by atoms with E-state index < -0.39 is 23.6 Å². The highest BCUT2D eigenvalue weighted by atomic mass is 19.4. The van der Waals surface area contributed by atoms with Gasteiger partial charge < -0.3 is 10.6 Å². The minimum atomic E-state index is -4.57. The fourth-order valence-corrected chi connectivity index (χ4v) is 1.87. The molecule has 1 unspecified atom stereocenters. The van der Waals surface area contributed by atoms with Crippen LogP contribution in [0.15, 0.2) is 23.2 Å². The van der Waals surface area contributed by atoms with Crippen molar-refractivity contribution in [2.75, 3.05) is 13.6 Å². The molecule has 98 valence electrons. The van der Waals surface area contributed by atoms with Crippen LogP contribution >= 0.6 is 0 Å². The zero-order valence-electron chi connectivity index (χ0n) is 9.50. The quantitative estimate of drug-likeness (QED) is 0.787. The first-order chi connectivity index (χ1) is 8.29. The monoisotopic (exact) mass is 261 g/mol. The summed E-state index contributed by atoms with van der Waals surface area (Å²) in [5, 5.41) is 0. The summed E-state index contributed by atoms with van der Waals surface area (Å²) in [6, 6.07) is 2.02. The second kappa shape index (κ2) is 4.15. The largest absolute Gasteiger partial charge is 0.416 e. The van der Waals surface area contributed by atoms with E-state index in [9.17, 15) is 17.6 Å². The van der Waals surface area contributed by atoms with Crippen molar-refractivity contribution >= 4 is 5.96 Å². The van der Waals surface area contributed by atoms with Crippen LogP contribution in [0.5, 0.6) is 0 Å². The Kier molecular flexibility index (Phi) is 2.92. The van der Waals surface area contributed by atoms with Gasteiger partial charge in [0.05, 0.1) is 18.2 Å². The number of halogens is 4. The molecule has 0 aromatic heterocycles. The predicted octanol–water partition coefficient (Wildman–Crippen LogP) is 2.15. The Morgan fingerprint density at radius 2 is 2.00 bits per heavy atom. The van der Waals surface area contributed by atoms with Gasteiger partial charge in [0.25, 0.3) is 0 Å². The molecule has 0 spiro atoms. The van der Waals surface area contributed by atoms with Crippen molar-refractivity contribution < 1.29 is 17.6 Å². The average molecular weight is 261 g/mol. The molecule has 0 bridgehead atoms. The first-order valence-corrected chi connectivity index (χ1v) is 5.19. The summed E-state index contributed by atoms with van der Waals surface area (Å²) >= 11 is 0. The van der Waals surface area contributed by atoms with Crippen molar-refractivity contribution in [1.82, 2.24) is 4.90 Å². The Labute approximate surface area is 101 Å². The maximum absolute atomic E-state index is 13.2. The third-order valence-corrected chi connectivity index (χ3v) is 2.89. The molecule has 0 saturated heterocycles. The van der Waals surface area contributed by atoms with Gasteiger partial charge in [0.2, 0.25) is 0 Å². The van der Waals surface area contributed by atoms with Crippen molar-refractivity contribution in [1.29, 1.82) is 0 Å². The van der Waals surface area contributed by atoms with Crippen molar-refractivity contribution in [3.63, 3.8) is 0 Å². The average Bonchev–Trinajstić information content (AvgIpc) is 2.58. The van der Waals surface area contributed by atoms with Gasteiger partial charge in [-0.3, -0.25) is 4.99 Å². The molecular formula is C11H11F4N3. The van der Waals surface area contributed by atoms with Gasteiger partial charge in [-0.15, -0.1) is 0 Å². The molecule has 1 aromatic rings. The number of hydrogen-bond acceptors (Lipinski definition) is 3. The standard InChI is InChI=1S/C11H11F4N3/c1-18-9(5-17-10(18)16)6-2-7(11(13,14)15)4-8(12)3-6/h2-4,9H,5H2,1H3,(H2,16,17). The lowest BCUT2D eigenvalue weighted by Crippen LogP contribution is -2.32. The van der Waals surface area contributed by atoms with Gasteiger partial charge in [-0.2, -0.15) is 13.2 Å². The Morgan fingerprint density at radius 1 is 1.33 bits per heavy atom. The molecule has 1 aliphatic rings. The van der Waals surface area contributed by atoms with Crippen LogP contribution in [0.2, 0.25) is 0 Å². The minimum absolute atomic E-state index is 0.217. The van der Waals surface area contributed by atoms with Crippen LogP contribution in [0, 0.1) is 5.82 Å². The third kappa shape index (κ3) is 2.25. The van der Waals surface area contributed by atoms with Crippen LogP contribution in [-0.2, 0) is 6.18 Å². The van der Waals surface area contributed by atoms with Gasteiger partial charge in [-0.25, -0.2) is 4.39 Å². The van der Waals surface area contributed by atoms with Crippen LogP contribution in [-0.4, -0.2) is 24.5 Å². The van der Waals surface area contributed by atoms with Crippen LogP contribution < -0.4 is 5.73 Å². The summed E-state index contributed by atoms with van der Waals surface area (Å²) in [7, 11) is 1.61. The highest BCUT2D eigenvalue weighted by Crippen LogP contribution is 2.33. The molecule has 2 N–H and O–H groups in total. The van der Waals surface area contributed by atoms with E-state index in [0.717, 1.165) is 12.1 Å². The number of aliphatic imine (C=N–C) groups is 1. The van der Waals surface area contributed by atoms with Crippen molar-refractivity contribution in [3.05, 3.63) is 35.1 Å². The molecule has 1 aliphatic heterocycles. The summed E-state index contributed by atoms with van der Waals surface area (Å²) < 4.78 is 51.0. The third-order valence-electron chi connectivity index (χ3n) is 2.89. The number of nitrogens with zero attached hydrogens (tertiary/aromatic N) is 2. The lowest BCUT2D eigenvalue weighted by Gasteiger charge is -2.22. The summed E-state index contributed by atoms with van der Waals surface area (Å²) in [5.41, 5.74) is 4.74. The van der Waals surface area contributed by atoms with E-state index in [-0.39, 0.29) is 18.1 Å². The highest BCUT2D eigenvalue weighted by Gasteiger charge is 2.33. The van der Waals surface area contributed by atoms with E-state index in [0.29, 0.717) is 6.07 Å². The molecule has 0 saturated carbocycles. The van der Waals surface area contributed by atoms with Crippen molar-refractivity contribution in [2.24, 2.45) is 10.7 Å². The van der Waals surface area contributed by atoms with Gasteiger partial charge in [0.15, 0.2) is 5.96 Å². The Balaban J connectivity index is 2.38. The van der Waals surface area contributed by atoms with E-state index in [4.69, 9.17) is 5.73 Å². The molecule has 2 rings (SSSR count). The van der Waals surface area contributed by atoms with Gasteiger partial charge in [0, 0.05) is 7.05 Å². The molecule has 0 radical (unpaired) electrons. The maximum atomic E-state index is 13.2. The van der Waals surface area contributed by atoms with Crippen molar-refractivity contribution in [3.8, 4) is 0 Å². The zero-order valence-corrected chi connectivity index (χ0v) is 9.50. The number of likely N-dealkylation sites (N-methyl/N-ethyl adjacent to an activating group) is 1. The van der Waals surface area contributed by atoms with E-state index in [1.165, 1.54) is 4.90 Å². The summed E-state index contributed by atoms with van der Waals surface area (Å²) in [6.45, 7) is 0.225. The molecule has 1 aromatic carbocycles. The second-order valence-electron chi connectivity index (χ2n) is 4.10. The number of alkyl halides is 3. The maximum Gasteiger partial charge on any atom is 0.416 e. The lowest BCUT2D eigenvalue weighted by molar-refractivity contribution is -0.137. The van der Waals surface area contributed by atoms with E-state index in [1.54, 1.807) is 7.05 Å². The first-order valence-electron chi connectivity index (χ1n) is 5.19. The Hall–Kier alpha value is -1.79. The van der Waals surface area contributed by atoms with E-state index in [2.05, 4.69) is 4.99 Å². The van der Waals surface area contributed by atoms with Crippen molar-refractivity contribution in [2.45, 2.75) is 12.2 Å². The normalized spacial score (nSPS) is 20.2. The number of guanidine groups is 1. The number of nitrogens with two attached hydrogens (primary N) is 1. The highest BCUT2D eigenvalue weighted by molar-refractivity contribution is 5.80. The van der Waals surface area contributed by atoms with Crippen LogP contribution in [0.25, 0.3) is 0 Å². The van der Waals surface area contributed by atoms with E-state index in [1.807, 2.05) is 0 Å². The minimum Gasteiger partial charge on any atom is -0.370 e. The molecular weight excluding hydrogens is 250 g/mol. The summed E-state index contributed by atoms with van der Waals surface area (Å²) in [6.07, 6.45) is -4.57. The lowest BCUT2D eigenvalue weighted by atomic mass is 10.0. The van der Waals surface area contributed by atoms with Gasteiger partial charge >= 0.3 is 6.18 Å². The Bertz CT molecular complexity index is 496. The zero-order chi connectivity index (χ0) is 13.5. The molecule has 7 heteroatoms. The second-order valence-corrected chi connectivity index (χ2v) is 4.10. The SMILES string of the molecule is CN1C(N)=NCC1c1cc(F)cc(C(F)(F)F)c1. The van der Waals surface area contributed by atoms with Crippen LogP contribution in [0.4, 0.5) is 17.6 Å². The number of benzene rings is 1. The molecule has 0 aliphatic carbocycles. The van der Waals surface area contributed by atoms with Crippen LogP contribution in [0.3, 0.4) is 0 Å².